The maximum Gasteiger partial charge on any atom is 0.264 e. The molecular formula is C19H22N2O3S. The van der Waals surface area contributed by atoms with Gasteiger partial charge < -0.3 is 5.73 Å². The minimum atomic E-state index is -3.79. The van der Waals surface area contributed by atoms with E-state index in [0.717, 1.165) is 11.1 Å². The third-order valence-corrected chi connectivity index (χ3v) is 6.75. The monoisotopic (exact) mass is 358 g/mol. The zero-order valence-electron chi connectivity index (χ0n) is 14.6. The lowest BCUT2D eigenvalue weighted by molar-refractivity contribution is -0.121. The van der Waals surface area contributed by atoms with Crippen molar-refractivity contribution < 1.29 is 13.2 Å². The quantitative estimate of drug-likeness (QED) is 0.915. The molecule has 0 bridgehead atoms. The molecule has 0 saturated heterocycles. The molecule has 1 heterocycles. The Bertz CT molecular complexity index is 928. The van der Waals surface area contributed by atoms with E-state index < -0.39 is 21.8 Å². The average molecular weight is 358 g/mol. The summed E-state index contributed by atoms with van der Waals surface area (Å²) in [5.41, 5.74) is 9.36. The van der Waals surface area contributed by atoms with Crippen molar-refractivity contribution in [3.8, 4) is 0 Å². The lowest BCUT2D eigenvalue weighted by atomic mass is 9.93. The highest BCUT2D eigenvalue weighted by atomic mass is 32.2. The molecule has 0 spiro atoms. The van der Waals surface area contributed by atoms with E-state index in [2.05, 4.69) is 0 Å². The fraction of sp³-hybridized carbons (Fsp3) is 0.316. The van der Waals surface area contributed by atoms with Gasteiger partial charge in [-0.1, -0.05) is 35.9 Å². The van der Waals surface area contributed by atoms with E-state index in [9.17, 15) is 13.2 Å². The molecule has 132 valence electrons. The minimum absolute atomic E-state index is 0.0709. The molecule has 0 radical (unpaired) electrons. The molecule has 1 amide bonds. The molecule has 2 N–H and O–H groups in total. The summed E-state index contributed by atoms with van der Waals surface area (Å²) < 4.78 is 28.2. The van der Waals surface area contributed by atoms with Crippen LogP contribution in [0.4, 0.5) is 5.69 Å². The van der Waals surface area contributed by atoms with Gasteiger partial charge in [-0.2, -0.15) is 0 Å². The van der Waals surface area contributed by atoms with Crippen LogP contribution < -0.4 is 10.0 Å². The number of rotatable bonds is 3. The summed E-state index contributed by atoms with van der Waals surface area (Å²) in [6.07, 6.45) is 0.462. The fourth-order valence-electron chi connectivity index (χ4n) is 3.66. The summed E-state index contributed by atoms with van der Waals surface area (Å²) in [6, 6.07) is 11.0. The van der Waals surface area contributed by atoms with Crippen LogP contribution in [0.3, 0.4) is 0 Å². The largest absolute Gasteiger partial charge is 0.369 e. The van der Waals surface area contributed by atoms with Gasteiger partial charge in [-0.15, -0.1) is 0 Å². The smallest absolute Gasteiger partial charge is 0.264 e. The number of fused-ring (bicyclic) bond motifs is 1. The minimum Gasteiger partial charge on any atom is -0.369 e. The van der Waals surface area contributed by atoms with Crippen molar-refractivity contribution in [3.05, 3.63) is 58.7 Å². The topological polar surface area (TPSA) is 80.5 Å². The summed E-state index contributed by atoms with van der Waals surface area (Å²) in [5.74, 6) is -1.01. The number of amides is 1. The van der Waals surface area contributed by atoms with Crippen molar-refractivity contribution in [3.63, 3.8) is 0 Å². The molecule has 5 nitrogen and oxygen atoms in total. The summed E-state index contributed by atoms with van der Waals surface area (Å²) in [5, 5.41) is 0. The van der Waals surface area contributed by atoms with E-state index in [1.54, 1.807) is 26.0 Å². The second-order valence-electron chi connectivity index (χ2n) is 6.70. The Kier molecular flexibility index (Phi) is 4.33. The number of aryl methyl sites for hydroxylation is 3. The van der Waals surface area contributed by atoms with E-state index >= 15 is 0 Å². The Morgan fingerprint density at radius 2 is 1.72 bits per heavy atom. The van der Waals surface area contributed by atoms with Gasteiger partial charge in [-0.3, -0.25) is 9.10 Å². The zero-order chi connectivity index (χ0) is 18.4. The normalized spacial score (nSPS) is 17.2. The highest BCUT2D eigenvalue weighted by Crippen LogP contribution is 2.35. The maximum atomic E-state index is 13.4. The van der Waals surface area contributed by atoms with Crippen LogP contribution in [0.5, 0.6) is 0 Å². The van der Waals surface area contributed by atoms with Crippen LogP contribution in [0.15, 0.2) is 41.3 Å². The maximum absolute atomic E-state index is 13.4. The van der Waals surface area contributed by atoms with E-state index in [1.807, 2.05) is 31.2 Å². The van der Waals surface area contributed by atoms with E-state index in [1.165, 1.54) is 4.31 Å². The van der Waals surface area contributed by atoms with Crippen molar-refractivity contribution in [2.24, 2.45) is 11.7 Å². The Balaban J connectivity index is 2.19. The van der Waals surface area contributed by atoms with E-state index in [4.69, 9.17) is 5.73 Å². The van der Waals surface area contributed by atoms with Crippen molar-refractivity contribution in [2.45, 2.75) is 32.1 Å². The zero-order valence-corrected chi connectivity index (χ0v) is 15.4. The van der Waals surface area contributed by atoms with Gasteiger partial charge in [0, 0.05) is 6.54 Å². The summed E-state index contributed by atoms with van der Waals surface area (Å²) >= 11 is 0. The molecule has 6 heteroatoms. The number of carbonyl (C=O) groups excluding carboxylic acids is 1. The highest BCUT2D eigenvalue weighted by molar-refractivity contribution is 7.93. The molecule has 1 aliphatic heterocycles. The number of sulfonamides is 1. The Morgan fingerprint density at radius 3 is 2.32 bits per heavy atom. The van der Waals surface area contributed by atoms with Crippen LogP contribution in [-0.2, 0) is 21.2 Å². The van der Waals surface area contributed by atoms with Gasteiger partial charge in [0.05, 0.1) is 16.5 Å². The number of benzene rings is 2. The van der Waals surface area contributed by atoms with Gasteiger partial charge in [-0.25, -0.2) is 8.42 Å². The van der Waals surface area contributed by atoms with Crippen LogP contribution in [0.1, 0.15) is 22.3 Å². The van der Waals surface area contributed by atoms with Crippen LogP contribution in [0.25, 0.3) is 0 Å². The molecule has 2 aromatic rings. The van der Waals surface area contributed by atoms with Gasteiger partial charge in [0.1, 0.15) is 0 Å². The first-order chi connectivity index (χ1) is 11.7. The standard InChI is InChI=1S/C19H22N2O3S/c1-12-8-13(2)18(14(3)9-12)25(23,24)21-11-16(19(20)22)10-15-6-4-5-7-17(15)21/h4-9,16H,10-11H2,1-3H3,(H2,20,22)/t16-/m1/s1. The number of para-hydroxylation sites is 1. The molecule has 2 aromatic carbocycles. The molecule has 0 aliphatic carbocycles. The number of carbonyl (C=O) groups is 1. The van der Waals surface area contributed by atoms with Gasteiger partial charge in [0.2, 0.25) is 5.91 Å². The number of primary amides is 1. The Hall–Kier alpha value is -2.34. The number of anilines is 1. The molecule has 0 fully saturated rings. The molecule has 1 atom stereocenters. The first-order valence-electron chi connectivity index (χ1n) is 8.19. The Labute approximate surface area is 148 Å². The second-order valence-corrected chi connectivity index (χ2v) is 8.50. The lowest BCUT2D eigenvalue weighted by Crippen LogP contribution is -2.44. The number of nitrogens with zero attached hydrogens (tertiary/aromatic N) is 1. The van der Waals surface area contributed by atoms with Crippen molar-refractivity contribution in [1.82, 2.24) is 0 Å². The van der Waals surface area contributed by atoms with E-state index in [0.29, 0.717) is 28.1 Å². The first-order valence-corrected chi connectivity index (χ1v) is 9.63. The van der Waals surface area contributed by atoms with Gasteiger partial charge >= 0.3 is 0 Å². The van der Waals surface area contributed by atoms with Gasteiger partial charge in [-0.05, 0) is 49.9 Å². The predicted molar refractivity (Wildman–Crippen MR) is 98.0 cm³/mol. The third-order valence-electron chi connectivity index (χ3n) is 4.67. The van der Waals surface area contributed by atoms with Crippen molar-refractivity contribution >= 4 is 21.6 Å². The third kappa shape index (κ3) is 3.02. The predicted octanol–water partition coefficient (Wildman–Crippen LogP) is 2.46. The average Bonchev–Trinajstić information content (AvgIpc) is 2.52. The van der Waals surface area contributed by atoms with E-state index in [-0.39, 0.29) is 6.54 Å². The van der Waals surface area contributed by atoms with Crippen LogP contribution in [0.2, 0.25) is 0 Å². The summed E-state index contributed by atoms with van der Waals surface area (Å²) in [4.78, 5) is 12.1. The van der Waals surface area contributed by atoms with Crippen LogP contribution in [-0.4, -0.2) is 20.9 Å². The molecular weight excluding hydrogens is 336 g/mol. The SMILES string of the molecule is Cc1cc(C)c(S(=O)(=O)N2C[C@H](C(N)=O)Cc3ccccc32)c(C)c1. The van der Waals surface area contributed by atoms with Crippen molar-refractivity contribution in [1.29, 1.82) is 0 Å². The molecule has 0 unspecified atom stereocenters. The second kappa shape index (κ2) is 6.19. The molecule has 3 rings (SSSR count). The highest BCUT2D eigenvalue weighted by Gasteiger charge is 2.36. The number of hydrogen-bond acceptors (Lipinski definition) is 3. The van der Waals surface area contributed by atoms with Gasteiger partial charge in [0.15, 0.2) is 0 Å². The first kappa shape index (κ1) is 17.5. The Morgan fingerprint density at radius 1 is 1.12 bits per heavy atom. The number of nitrogens with two attached hydrogens (primary N) is 1. The number of hydrogen-bond donors (Lipinski definition) is 1. The molecule has 0 saturated carbocycles. The van der Waals surface area contributed by atoms with Crippen molar-refractivity contribution in [2.75, 3.05) is 10.8 Å². The summed E-state index contributed by atoms with van der Waals surface area (Å²) in [7, 11) is -3.79. The fourth-order valence-corrected chi connectivity index (χ4v) is 5.62. The van der Waals surface area contributed by atoms with Crippen LogP contribution >= 0.6 is 0 Å². The van der Waals surface area contributed by atoms with Gasteiger partial charge in [0.25, 0.3) is 10.0 Å². The molecule has 1 aliphatic rings. The lowest BCUT2D eigenvalue weighted by Gasteiger charge is -2.34. The summed E-state index contributed by atoms with van der Waals surface area (Å²) in [6.45, 7) is 5.61. The molecule has 0 aromatic heterocycles. The van der Waals surface area contributed by atoms with Crippen LogP contribution in [0, 0.1) is 26.7 Å². The molecule has 25 heavy (non-hydrogen) atoms.